The number of hydrogen-bond acceptors (Lipinski definition) is 5. The number of carbonyl (C=O) groups excluding carboxylic acids is 1. The van der Waals surface area contributed by atoms with Crippen LogP contribution in [0.1, 0.15) is 18.9 Å². The number of benzene rings is 2. The van der Waals surface area contributed by atoms with E-state index in [-0.39, 0.29) is 5.97 Å². The van der Waals surface area contributed by atoms with Crippen LogP contribution < -0.4 is 9.47 Å². The first kappa shape index (κ1) is 21.8. The number of hydrogen-bond donors (Lipinski definition) is 0. The first-order valence-corrected chi connectivity index (χ1v) is 10.2. The Morgan fingerprint density at radius 2 is 1.97 bits per heavy atom. The van der Waals surface area contributed by atoms with E-state index in [0.29, 0.717) is 18.0 Å². The maximum Gasteiger partial charge on any atom is 0.307 e. The molecule has 0 amide bonds. The van der Waals surface area contributed by atoms with Crippen molar-refractivity contribution in [3.05, 3.63) is 47.2 Å². The molecule has 0 radical (unpaired) electrons. The second-order valence-corrected chi connectivity index (χ2v) is 7.64. The maximum atomic E-state index is 11.5. The quantitative estimate of drug-likeness (QED) is 0.309. The summed E-state index contributed by atoms with van der Waals surface area (Å²) in [7, 11) is 5.36. The van der Waals surface area contributed by atoms with Crippen LogP contribution in [0.2, 0.25) is 5.02 Å². The maximum absolute atomic E-state index is 11.5. The largest absolute Gasteiger partial charge is 0.469 e. The number of aromatic nitrogens is 2. The van der Waals surface area contributed by atoms with Gasteiger partial charge in [0.25, 0.3) is 0 Å². The van der Waals surface area contributed by atoms with Crippen molar-refractivity contribution in [3.63, 3.8) is 0 Å². The normalized spacial score (nSPS) is 11.4. The van der Waals surface area contributed by atoms with Gasteiger partial charge < -0.3 is 9.64 Å². The summed E-state index contributed by atoms with van der Waals surface area (Å²) in [5.74, 6) is -0.211. The minimum atomic E-state index is -0.211. The summed E-state index contributed by atoms with van der Waals surface area (Å²) in [4.78, 5) is 13.6. The molecule has 0 aliphatic heterocycles. The van der Waals surface area contributed by atoms with Gasteiger partial charge >= 0.3 is 5.97 Å². The molecule has 0 bridgehead atoms. The van der Waals surface area contributed by atoms with Crippen LogP contribution in [0.5, 0.6) is 0 Å². The topological polar surface area (TPSA) is 63.1 Å². The van der Waals surface area contributed by atoms with E-state index in [2.05, 4.69) is 28.1 Å². The number of anilines is 1. The number of fused-ring (bicyclic) bond motifs is 1. The van der Waals surface area contributed by atoms with Crippen molar-refractivity contribution in [1.29, 1.82) is 0 Å². The predicted molar refractivity (Wildman–Crippen MR) is 119 cm³/mol. The molecule has 0 saturated carbocycles. The number of aryl methyl sites for hydroxylation is 3. The molecule has 0 spiro atoms. The Labute approximate surface area is 181 Å². The zero-order valence-corrected chi connectivity index (χ0v) is 18.8. The Morgan fingerprint density at radius 3 is 2.63 bits per heavy atom. The second kappa shape index (κ2) is 9.26. The Hall–Kier alpha value is -2.93. The Bertz CT molecular complexity index is 1110. The molecule has 0 saturated heterocycles. The number of esters is 1. The van der Waals surface area contributed by atoms with Crippen molar-refractivity contribution in [1.82, 2.24) is 4.57 Å². The van der Waals surface area contributed by atoms with E-state index < -0.39 is 0 Å². The van der Waals surface area contributed by atoms with Crippen LogP contribution in [0, 0.1) is 6.92 Å². The van der Waals surface area contributed by atoms with E-state index in [4.69, 9.17) is 16.3 Å². The lowest BCUT2D eigenvalue weighted by molar-refractivity contribution is -0.645. The van der Waals surface area contributed by atoms with Gasteiger partial charge in [0.05, 0.1) is 33.3 Å². The van der Waals surface area contributed by atoms with E-state index in [0.717, 1.165) is 40.2 Å². The molecule has 7 nitrogen and oxygen atoms in total. The van der Waals surface area contributed by atoms with Gasteiger partial charge in [0.15, 0.2) is 5.52 Å². The number of halogens is 1. The number of azo groups is 1. The fourth-order valence-corrected chi connectivity index (χ4v) is 3.72. The van der Waals surface area contributed by atoms with Crippen LogP contribution in [0.3, 0.4) is 0 Å². The Balaban J connectivity index is 1.87. The van der Waals surface area contributed by atoms with Crippen LogP contribution in [0.15, 0.2) is 46.9 Å². The fraction of sp³-hybridized carbons (Fsp3) is 0.364. The molecule has 0 unspecified atom stereocenters. The van der Waals surface area contributed by atoms with Crippen molar-refractivity contribution in [2.45, 2.75) is 20.3 Å². The van der Waals surface area contributed by atoms with Crippen molar-refractivity contribution in [3.8, 4) is 0 Å². The summed E-state index contributed by atoms with van der Waals surface area (Å²) >= 11 is 6.29. The van der Waals surface area contributed by atoms with Gasteiger partial charge in [-0.05, 0) is 43.7 Å². The first-order chi connectivity index (χ1) is 14.3. The predicted octanol–water partition coefficient (Wildman–Crippen LogP) is 4.77. The van der Waals surface area contributed by atoms with Crippen LogP contribution in [0.4, 0.5) is 17.1 Å². The standard InChI is InChI=1S/C22H27ClN5O2/c1-6-28(10-9-21(29)30-5)17-7-8-18(15(2)11-17)24-25-19-12-16(23)13-20-22(19)27(4)14-26(20)3/h7-8,11-14H,6,9-10H2,1-5H3/q+1. The molecule has 8 heteroatoms. The van der Waals surface area contributed by atoms with Gasteiger partial charge in [0.1, 0.15) is 5.69 Å². The summed E-state index contributed by atoms with van der Waals surface area (Å²) in [6.07, 6.45) is 2.33. The summed E-state index contributed by atoms with van der Waals surface area (Å²) in [6.45, 7) is 5.46. The zero-order chi connectivity index (χ0) is 21.8. The first-order valence-electron chi connectivity index (χ1n) is 9.82. The van der Waals surface area contributed by atoms with Crippen molar-refractivity contribution in [2.24, 2.45) is 24.3 Å². The molecule has 0 aliphatic rings. The molecule has 1 heterocycles. The van der Waals surface area contributed by atoms with E-state index >= 15 is 0 Å². The molecule has 0 N–H and O–H groups in total. The minimum absolute atomic E-state index is 0.211. The second-order valence-electron chi connectivity index (χ2n) is 7.21. The highest BCUT2D eigenvalue weighted by atomic mass is 35.5. The molecular weight excluding hydrogens is 402 g/mol. The molecule has 2 aromatic carbocycles. The molecule has 3 aromatic rings. The van der Waals surface area contributed by atoms with Crippen LogP contribution in [-0.4, -0.2) is 30.7 Å². The van der Waals surface area contributed by atoms with Gasteiger partial charge in [0.2, 0.25) is 11.8 Å². The zero-order valence-electron chi connectivity index (χ0n) is 18.0. The van der Waals surface area contributed by atoms with Gasteiger partial charge in [-0.25, -0.2) is 9.13 Å². The highest BCUT2D eigenvalue weighted by molar-refractivity contribution is 6.31. The van der Waals surface area contributed by atoms with Crippen LogP contribution in [-0.2, 0) is 23.6 Å². The van der Waals surface area contributed by atoms with Crippen molar-refractivity contribution >= 4 is 45.7 Å². The molecule has 30 heavy (non-hydrogen) atoms. The van der Waals surface area contributed by atoms with E-state index in [1.54, 1.807) is 0 Å². The SMILES string of the molecule is CCN(CCC(=O)OC)c1ccc(N=Nc2cc(Cl)cc3c2[n+](C)cn3C)c(C)c1. The summed E-state index contributed by atoms with van der Waals surface area (Å²) in [5, 5.41) is 9.60. The summed E-state index contributed by atoms with van der Waals surface area (Å²) < 4.78 is 8.76. The molecule has 0 fully saturated rings. The fourth-order valence-electron chi connectivity index (χ4n) is 3.51. The van der Waals surface area contributed by atoms with Gasteiger partial charge in [-0.3, -0.25) is 4.79 Å². The van der Waals surface area contributed by atoms with Gasteiger partial charge in [-0.1, -0.05) is 11.6 Å². The summed E-state index contributed by atoms with van der Waals surface area (Å²) in [6, 6.07) is 9.75. The molecule has 158 valence electrons. The lowest BCUT2D eigenvalue weighted by Gasteiger charge is -2.23. The van der Waals surface area contributed by atoms with E-state index in [1.807, 2.05) is 60.7 Å². The average molecular weight is 429 g/mol. The third kappa shape index (κ3) is 4.62. The molecule has 0 atom stereocenters. The molecule has 3 rings (SSSR count). The monoisotopic (exact) mass is 428 g/mol. The van der Waals surface area contributed by atoms with E-state index in [1.165, 1.54) is 7.11 Å². The number of ether oxygens (including phenoxy) is 1. The number of rotatable bonds is 7. The number of methoxy groups -OCH3 is 1. The smallest absolute Gasteiger partial charge is 0.307 e. The Morgan fingerprint density at radius 1 is 1.23 bits per heavy atom. The Kier molecular flexibility index (Phi) is 6.72. The number of imidazole rings is 1. The van der Waals surface area contributed by atoms with Crippen LogP contribution >= 0.6 is 11.6 Å². The van der Waals surface area contributed by atoms with Crippen molar-refractivity contribution < 1.29 is 14.1 Å². The molecule has 1 aromatic heterocycles. The summed E-state index contributed by atoms with van der Waals surface area (Å²) in [5.41, 5.74) is 5.52. The highest BCUT2D eigenvalue weighted by Gasteiger charge is 2.16. The molecule has 0 aliphatic carbocycles. The van der Waals surface area contributed by atoms with Crippen LogP contribution in [0.25, 0.3) is 11.0 Å². The lowest BCUT2D eigenvalue weighted by Crippen LogP contribution is -2.26. The van der Waals surface area contributed by atoms with Gasteiger partial charge in [-0.15, -0.1) is 5.11 Å². The third-order valence-corrected chi connectivity index (χ3v) is 5.34. The average Bonchev–Trinajstić information content (AvgIpc) is 3.00. The van der Waals surface area contributed by atoms with Crippen molar-refractivity contribution in [2.75, 3.05) is 25.1 Å². The van der Waals surface area contributed by atoms with E-state index in [9.17, 15) is 4.79 Å². The lowest BCUT2D eigenvalue weighted by atomic mass is 10.1. The van der Waals surface area contributed by atoms with Gasteiger partial charge in [-0.2, -0.15) is 5.11 Å². The highest BCUT2D eigenvalue weighted by Crippen LogP contribution is 2.31. The third-order valence-electron chi connectivity index (χ3n) is 5.12. The number of carbonyl (C=O) groups is 1. The number of nitrogens with zero attached hydrogens (tertiary/aromatic N) is 5. The molecular formula is C22H27ClN5O2+. The van der Waals surface area contributed by atoms with Gasteiger partial charge in [0, 0.05) is 29.9 Å². The minimum Gasteiger partial charge on any atom is -0.469 e.